The van der Waals surface area contributed by atoms with Gasteiger partial charge >= 0.3 is 5.97 Å². The second-order valence-corrected chi connectivity index (χ2v) is 7.28. The zero-order chi connectivity index (χ0) is 17.6. The molecule has 0 amide bonds. The van der Waals surface area contributed by atoms with Crippen molar-refractivity contribution in [1.29, 1.82) is 0 Å². The van der Waals surface area contributed by atoms with Crippen molar-refractivity contribution >= 4 is 44.4 Å². The molecule has 25 heavy (non-hydrogen) atoms. The third-order valence-electron chi connectivity index (χ3n) is 4.38. The topological polar surface area (TPSA) is 61.9 Å². The highest BCUT2D eigenvalue weighted by atomic mass is 79.9. The quantitative estimate of drug-likeness (QED) is 0.600. The van der Waals surface area contributed by atoms with Gasteiger partial charge in [0.15, 0.2) is 6.04 Å². The summed E-state index contributed by atoms with van der Waals surface area (Å²) < 4.78 is 9.84. The molecule has 0 aliphatic carbocycles. The fourth-order valence-corrected chi connectivity index (χ4v) is 4.14. The number of ether oxygens (including phenoxy) is 1. The van der Waals surface area contributed by atoms with Gasteiger partial charge in [0.05, 0.1) is 29.2 Å². The van der Waals surface area contributed by atoms with E-state index < -0.39 is 6.04 Å². The van der Waals surface area contributed by atoms with Crippen molar-refractivity contribution in [3.63, 3.8) is 0 Å². The van der Waals surface area contributed by atoms with Crippen LogP contribution in [0.2, 0.25) is 5.02 Å². The Balaban J connectivity index is 1.86. The van der Waals surface area contributed by atoms with E-state index in [0.29, 0.717) is 22.8 Å². The van der Waals surface area contributed by atoms with Crippen LogP contribution >= 0.6 is 27.5 Å². The number of benzene rings is 1. The summed E-state index contributed by atoms with van der Waals surface area (Å²) in [5.41, 5.74) is 2.49. The number of carbonyl (C=O) groups is 1. The lowest BCUT2D eigenvalue weighted by Crippen LogP contribution is -2.25. The molecule has 0 saturated heterocycles. The number of imidazole rings is 1. The fraction of sp³-hybridized carbons (Fsp3) is 0.353. The molecule has 0 radical (unpaired) electrons. The number of hydrogen-bond acceptors (Lipinski definition) is 4. The smallest absolute Gasteiger partial charge is 0.337 e. The Labute approximate surface area is 157 Å². The van der Waals surface area contributed by atoms with Gasteiger partial charge in [-0.1, -0.05) is 27.5 Å². The van der Waals surface area contributed by atoms with Crippen LogP contribution in [0.5, 0.6) is 0 Å². The number of halogens is 2. The van der Waals surface area contributed by atoms with Crippen molar-refractivity contribution < 1.29 is 9.53 Å². The minimum atomic E-state index is -0.712. The van der Waals surface area contributed by atoms with Crippen LogP contribution in [0.15, 0.2) is 29.1 Å². The SMILES string of the molecule is CCOC(=O)C(c1ncn2c1CCC2)n1cc2c(Cl)cc(Br)cc2n1. The molecule has 0 saturated carbocycles. The Morgan fingerprint density at radius 2 is 2.32 bits per heavy atom. The van der Waals surface area contributed by atoms with Gasteiger partial charge < -0.3 is 9.30 Å². The summed E-state index contributed by atoms with van der Waals surface area (Å²) in [7, 11) is 0. The summed E-state index contributed by atoms with van der Waals surface area (Å²) in [6, 6.07) is 2.97. The Kier molecular flexibility index (Phi) is 4.29. The van der Waals surface area contributed by atoms with E-state index >= 15 is 0 Å². The molecule has 1 aromatic carbocycles. The van der Waals surface area contributed by atoms with Crippen LogP contribution in [-0.2, 0) is 22.5 Å². The van der Waals surface area contributed by atoms with Crippen LogP contribution in [0, 0.1) is 0 Å². The number of fused-ring (bicyclic) bond motifs is 2. The van der Waals surface area contributed by atoms with Gasteiger partial charge in [0, 0.05) is 28.3 Å². The molecular formula is C17H16BrClN4O2. The van der Waals surface area contributed by atoms with E-state index in [9.17, 15) is 4.79 Å². The fourth-order valence-electron chi connectivity index (χ4n) is 3.30. The lowest BCUT2D eigenvalue weighted by atomic mass is 10.1. The highest BCUT2D eigenvalue weighted by Crippen LogP contribution is 2.31. The Bertz CT molecular complexity index is 965. The minimum absolute atomic E-state index is 0.304. The molecule has 1 unspecified atom stereocenters. The van der Waals surface area contributed by atoms with Crippen molar-refractivity contribution in [2.45, 2.75) is 32.4 Å². The molecule has 3 heterocycles. The number of rotatable bonds is 4. The van der Waals surface area contributed by atoms with Crippen LogP contribution < -0.4 is 0 Å². The largest absolute Gasteiger partial charge is 0.464 e. The standard InChI is InChI=1S/C17H16BrClN4O2/c1-2-25-17(24)16(15-14-4-3-5-22(14)9-20-15)23-8-11-12(19)6-10(18)7-13(11)21-23/h6-9,16H,2-5H2,1H3. The number of aromatic nitrogens is 4. The summed E-state index contributed by atoms with van der Waals surface area (Å²) in [4.78, 5) is 17.2. The first kappa shape index (κ1) is 16.6. The van der Waals surface area contributed by atoms with E-state index in [0.717, 1.165) is 34.9 Å². The molecule has 0 fully saturated rings. The first-order valence-electron chi connectivity index (χ1n) is 8.13. The molecule has 130 valence electrons. The number of hydrogen-bond donors (Lipinski definition) is 0. The van der Waals surface area contributed by atoms with Crippen molar-refractivity contribution in [3.05, 3.63) is 45.5 Å². The molecular weight excluding hydrogens is 408 g/mol. The first-order valence-corrected chi connectivity index (χ1v) is 9.30. The summed E-state index contributed by atoms with van der Waals surface area (Å²) in [6.45, 7) is 3.02. The summed E-state index contributed by atoms with van der Waals surface area (Å²) >= 11 is 9.74. The van der Waals surface area contributed by atoms with E-state index in [4.69, 9.17) is 16.3 Å². The van der Waals surface area contributed by atoms with Crippen LogP contribution in [0.4, 0.5) is 0 Å². The Morgan fingerprint density at radius 1 is 1.48 bits per heavy atom. The highest BCUT2D eigenvalue weighted by molar-refractivity contribution is 9.10. The van der Waals surface area contributed by atoms with Gasteiger partial charge in [-0.3, -0.25) is 4.68 Å². The molecule has 0 bridgehead atoms. The molecule has 1 aliphatic rings. The molecule has 1 aliphatic heterocycles. The van der Waals surface area contributed by atoms with Crippen molar-refractivity contribution in [2.24, 2.45) is 0 Å². The Hall–Kier alpha value is -1.86. The Morgan fingerprint density at radius 3 is 3.12 bits per heavy atom. The maximum atomic E-state index is 12.7. The van der Waals surface area contributed by atoms with Crippen molar-refractivity contribution in [1.82, 2.24) is 19.3 Å². The molecule has 0 N–H and O–H groups in total. The molecule has 4 rings (SSSR count). The van der Waals surface area contributed by atoms with Gasteiger partial charge in [-0.05, 0) is 31.9 Å². The number of nitrogens with zero attached hydrogens (tertiary/aromatic N) is 4. The molecule has 3 aromatic rings. The summed E-state index contributed by atoms with van der Waals surface area (Å²) in [5, 5.41) is 5.94. The third kappa shape index (κ3) is 2.85. The van der Waals surface area contributed by atoms with E-state index in [1.807, 2.05) is 12.1 Å². The number of carbonyl (C=O) groups excluding carboxylic acids is 1. The predicted molar refractivity (Wildman–Crippen MR) is 97.8 cm³/mol. The average Bonchev–Trinajstić information content (AvgIpc) is 3.24. The van der Waals surface area contributed by atoms with Crippen LogP contribution in [0.25, 0.3) is 10.9 Å². The molecule has 0 spiro atoms. The van der Waals surface area contributed by atoms with Gasteiger partial charge in [0.2, 0.25) is 0 Å². The second-order valence-electron chi connectivity index (χ2n) is 5.96. The molecule has 8 heteroatoms. The summed E-state index contributed by atoms with van der Waals surface area (Å²) in [5.74, 6) is -0.362. The van der Waals surface area contributed by atoms with Gasteiger partial charge in [-0.15, -0.1) is 0 Å². The first-order chi connectivity index (χ1) is 12.1. The van der Waals surface area contributed by atoms with Crippen LogP contribution in [0.3, 0.4) is 0 Å². The molecule has 2 aromatic heterocycles. The second kappa shape index (κ2) is 6.46. The van der Waals surface area contributed by atoms with E-state index in [1.54, 1.807) is 24.1 Å². The van der Waals surface area contributed by atoms with Gasteiger partial charge in [-0.25, -0.2) is 9.78 Å². The van der Waals surface area contributed by atoms with E-state index in [2.05, 4.69) is 30.6 Å². The van der Waals surface area contributed by atoms with E-state index in [1.165, 1.54) is 0 Å². The van der Waals surface area contributed by atoms with Gasteiger partial charge in [-0.2, -0.15) is 5.10 Å². The number of aryl methyl sites for hydroxylation is 1. The van der Waals surface area contributed by atoms with Crippen LogP contribution in [0.1, 0.15) is 30.8 Å². The average molecular weight is 424 g/mol. The maximum absolute atomic E-state index is 12.7. The van der Waals surface area contributed by atoms with Crippen molar-refractivity contribution in [3.8, 4) is 0 Å². The normalized spacial score (nSPS) is 14.7. The van der Waals surface area contributed by atoms with Crippen LogP contribution in [-0.4, -0.2) is 31.9 Å². The lowest BCUT2D eigenvalue weighted by Gasteiger charge is -2.15. The van der Waals surface area contributed by atoms with Gasteiger partial charge in [0.25, 0.3) is 0 Å². The summed E-state index contributed by atoms with van der Waals surface area (Å²) in [6.07, 6.45) is 5.53. The lowest BCUT2D eigenvalue weighted by molar-refractivity contribution is -0.146. The number of esters is 1. The van der Waals surface area contributed by atoms with E-state index in [-0.39, 0.29) is 5.97 Å². The predicted octanol–water partition coefficient (Wildman–Crippen LogP) is 3.75. The molecule has 1 atom stereocenters. The zero-order valence-corrected chi connectivity index (χ0v) is 15.9. The zero-order valence-electron chi connectivity index (χ0n) is 13.6. The third-order valence-corrected chi connectivity index (χ3v) is 5.15. The van der Waals surface area contributed by atoms with Gasteiger partial charge in [0.1, 0.15) is 0 Å². The highest BCUT2D eigenvalue weighted by Gasteiger charge is 2.32. The molecule has 6 nitrogen and oxygen atoms in total. The monoisotopic (exact) mass is 422 g/mol. The minimum Gasteiger partial charge on any atom is -0.464 e. The maximum Gasteiger partial charge on any atom is 0.337 e. The van der Waals surface area contributed by atoms with Crippen molar-refractivity contribution in [2.75, 3.05) is 6.61 Å².